The predicted molar refractivity (Wildman–Crippen MR) is 117 cm³/mol. The molecule has 0 bridgehead atoms. The largest absolute Gasteiger partial charge is 0.321 e. The third-order valence-electron chi connectivity index (χ3n) is 4.83. The first-order valence-electron chi connectivity index (χ1n) is 9.52. The van der Waals surface area contributed by atoms with E-state index in [-0.39, 0.29) is 5.91 Å². The number of carbonyl (C=O) groups excluding carboxylic acids is 2. The fraction of sp³-hybridized carbons (Fsp3) is 0.130. The summed E-state index contributed by atoms with van der Waals surface area (Å²) in [5, 5.41) is 5.45. The van der Waals surface area contributed by atoms with Gasteiger partial charge in [0.05, 0.1) is 11.4 Å². The van der Waals surface area contributed by atoms with Crippen LogP contribution in [0.4, 0.5) is 16.2 Å². The van der Waals surface area contributed by atoms with Gasteiger partial charge in [0.2, 0.25) is 6.17 Å². The highest BCUT2D eigenvalue weighted by Crippen LogP contribution is 2.26. The summed E-state index contributed by atoms with van der Waals surface area (Å²) >= 11 is 0. The van der Waals surface area contributed by atoms with Crippen molar-refractivity contribution in [3.63, 3.8) is 0 Å². The molecule has 0 saturated carbocycles. The molecule has 7 nitrogen and oxygen atoms in total. The number of anilines is 2. The number of hydrogen-bond donors (Lipinski definition) is 2. The smallest absolute Gasteiger partial charge is 0.311 e. The molecule has 0 unspecified atom stereocenters. The van der Waals surface area contributed by atoms with Gasteiger partial charge in [-0.05, 0) is 30.7 Å². The molecular formula is C23H21N5O2. The summed E-state index contributed by atoms with van der Waals surface area (Å²) in [5.74, 6) is -0.340. The number of aromatic nitrogens is 1. The number of aliphatic imine (C=N–C) groups is 1. The van der Waals surface area contributed by atoms with E-state index in [0.29, 0.717) is 17.1 Å². The maximum Gasteiger partial charge on any atom is 0.321 e. The number of aryl methyl sites for hydroxylation is 1. The summed E-state index contributed by atoms with van der Waals surface area (Å²) in [6.45, 7) is 1.94. The van der Waals surface area contributed by atoms with Crippen LogP contribution in [-0.4, -0.2) is 35.8 Å². The molecule has 0 radical (unpaired) electrons. The highest BCUT2D eigenvalue weighted by molar-refractivity contribution is 6.20. The second kappa shape index (κ2) is 8.16. The van der Waals surface area contributed by atoms with E-state index in [1.54, 1.807) is 31.6 Å². The van der Waals surface area contributed by atoms with Crippen LogP contribution in [0.1, 0.15) is 16.7 Å². The van der Waals surface area contributed by atoms with Gasteiger partial charge in [0, 0.05) is 36.3 Å². The fourth-order valence-corrected chi connectivity index (χ4v) is 3.35. The number of pyridine rings is 1. The molecule has 3 aromatic rings. The minimum Gasteiger partial charge on any atom is -0.311 e. The van der Waals surface area contributed by atoms with Crippen LogP contribution < -0.4 is 15.5 Å². The molecule has 0 fully saturated rings. The molecule has 1 aliphatic rings. The quantitative estimate of drug-likeness (QED) is 0.708. The summed E-state index contributed by atoms with van der Waals surface area (Å²) < 4.78 is 0. The zero-order chi connectivity index (χ0) is 21.1. The zero-order valence-electron chi connectivity index (χ0n) is 16.7. The Morgan fingerprint density at radius 3 is 2.63 bits per heavy atom. The van der Waals surface area contributed by atoms with E-state index in [1.807, 2.05) is 55.5 Å². The van der Waals surface area contributed by atoms with E-state index >= 15 is 0 Å². The van der Waals surface area contributed by atoms with Crippen molar-refractivity contribution in [1.29, 1.82) is 0 Å². The Morgan fingerprint density at radius 1 is 1.07 bits per heavy atom. The minimum absolute atomic E-state index is 0.340. The van der Waals surface area contributed by atoms with Gasteiger partial charge in [0.15, 0.2) is 0 Å². The van der Waals surface area contributed by atoms with E-state index < -0.39 is 12.2 Å². The van der Waals surface area contributed by atoms with Gasteiger partial charge in [-0.2, -0.15) is 0 Å². The third-order valence-corrected chi connectivity index (χ3v) is 4.83. The minimum atomic E-state index is -1.08. The summed E-state index contributed by atoms with van der Waals surface area (Å²) in [5.41, 5.74) is 4.49. The summed E-state index contributed by atoms with van der Waals surface area (Å²) in [7, 11) is 1.66. The van der Waals surface area contributed by atoms with E-state index in [4.69, 9.17) is 0 Å². The van der Waals surface area contributed by atoms with Crippen molar-refractivity contribution in [1.82, 2.24) is 10.3 Å². The molecule has 3 amide bonds. The monoisotopic (exact) mass is 399 g/mol. The summed E-state index contributed by atoms with van der Waals surface area (Å²) in [6.07, 6.45) is 2.23. The SMILES string of the molecule is Cc1cccc(NC(=O)N[C@H]2N=C(c3ccccc3)c3cnccc3N(C)C2=O)c1. The van der Waals surface area contributed by atoms with E-state index in [1.165, 1.54) is 4.90 Å². The lowest BCUT2D eigenvalue weighted by molar-refractivity contribution is -0.119. The Labute approximate surface area is 174 Å². The van der Waals surface area contributed by atoms with Crippen molar-refractivity contribution in [2.75, 3.05) is 17.3 Å². The maximum atomic E-state index is 13.1. The molecule has 0 spiro atoms. The molecule has 30 heavy (non-hydrogen) atoms. The van der Waals surface area contributed by atoms with E-state index in [9.17, 15) is 9.59 Å². The van der Waals surface area contributed by atoms with Crippen LogP contribution in [0, 0.1) is 6.92 Å². The predicted octanol–water partition coefficient (Wildman–Crippen LogP) is 3.35. The summed E-state index contributed by atoms with van der Waals surface area (Å²) in [6, 6.07) is 18.2. The molecule has 150 valence electrons. The zero-order valence-corrected chi connectivity index (χ0v) is 16.7. The standard InChI is InChI=1S/C23H21N5O2/c1-15-7-6-10-17(13-15)25-23(30)27-21-22(29)28(2)19-11-12-24-14-18(19)20(26-21)16-8-4-3-5-9-16/h3-14,21H,1-2H3,(H2,25,27,30)/t21-/m1/s1. The van der Waals surface area contributed by atoms with Gasteiger partial charge >= 0.3 is 6.03 Å². The van der Waals surface area contributed by atoms with Gasteiger partial charge in [-0.25, -0.2) is 9.79 Å². The molecule has 0 aliphatic carbocycles. The van der Waals surface area contributed by atoms with Crippen LogP contribution in [0.2, 0.25) is 0 Å². The molecule has 2 heterocycles. The third kappa shape index (κ3) is 3.91. The van der Waals surface area contributed by atoms with Crippen molar-refractivity contribution in [3.8, 4) is 0 Å². The van der Waals surface area contributed by atoms with Crippen LogP contribution in [0.25, 0.3) is 0 Å². The van der Waals surface area contributed by atoms with Gasteiger partial charge in [-0.3, -0.25) is 9.78 Å². The van der Waals surface area contributed by atoms with Crippen molar-refractivity contribution in [2.45, 2.75) is 13.1 Å². The number of benzene rings is 2. The van der Waals surface area contributed by atoms with Gasteiger partial charge in [0.1, 0.15) is 0 Å². The number of carbonyl (C=O) groups is 2. The molecule has 7 heteroatoms. The lowest BCUT2D eigenvalue weighted by Crippen LogP contribution is -2.47. The normalized spacial score (nSPS) is 15.7. The Kier molecular flexibility index (Phi) is 5.26. The number of nitrogens with zero attached hydrogens (tertiary/aromatic N) is 3. The summed E-state index contributed by atoms with van der Waals surface area (Å²) in [4.78, 5) is 36.0. The Hall–Kier alpha value is -4.00. The average molecular weight is 399 g/mol. The van der Waals surface area contributed by atoms with Crippen molar-refractivity contribution in [2.24, 2.45) is 4.99 Å². The van der Waals surface area contributed by atoms with Crippen molar-refractivity contribution >= 4 is 29.0 Å². The average Bonchev–Trinajstić information content (AvgIpc) is 2.85. The highest BCUT2D eigenvalue weighted by Gasteiger charge is 2.31. The highest BCUT2D eigenvalue weighted by atomic mass is 16.2. The van der Waals surface area contributed by atoms with Gasteiger partial charge in [-0.1, -0.05) is 42.5 Å². The molecule has 2 aromatic carbocycles. The van der Waals surface area contributed by atoms with Gasteiger partial charge in [-0.15, -0.1) is 0 Å². The Morgan fingerprint density at radius 2 is 1.87 bits per heavy atom. The Balaban J connectivity index is 1.69. The first-order valence-corrected chi connectivity index (χ1v) is 9.52. The van der Waals surface area contributed by atoms with Crippen molar-refractivity contribution in [3.05, 3.63) is 89.7 Å². The molecule has 1 aliphatic heterocycles. The molecular weight excluding hydrogens is 378 g/mol. The number of amides is 3. The van der Waals surface area contributed by atoms with Gasteiger partial charge < -0.3 is 15.5 Å². The number of likely N-dealkylation sites (N-methyl/N-ethyl adjacent to an activating group) is 1. The number of rotatable bonds is 3. The lowest BCUT2D eigenvalue weighted by Gasteiger charge is -2.20. The number of urea groups is 1. The fourth-order valence-electron chi connectivity index (χ4n) is 3.35. The first kappa shape index (κ1) is 19.3. The van der Waals surface area contributed by atoms with Crippen LogP contribution in [0.15, 0.2) is 78.0 Å². The number of fused-ring (bicyclic) bond motifs is 1. The van der Waals surface area contributed by atoms with E-state index in [2.05, 4.69) is 20.6 Å². The van der Waals surface area contributed by atoms with Crippen LogP contribution in [-0.2, 0) is 4.79 Å². The molecule has 4 rings (SSSR count). The molecule has 1 atom stereocenters. The molecule has 0 saturated heterocycles. The number of nitrogens with one attached hydrogen (secondary N) is 2. The second-order valence-corrected chi connectivity index (χ2v) is 7.00. The topological polar surface area (TPSA) is 86.7 Å². The van der Waals surface area contributed by atoms with Crippen molar-refractivity contribution < 1.29 is 9.59 Å². The second-order valence-electron chi connectivity index (χ2n) is 7.00. The Bertz CT molecular complexity index is 1130. The number of hydrogen-bond acceptors (Lipinski definition) is 4. The van der Waals surface area contributed by atoms with E-state index in [0.717, 1.165) is 16.7 Å². The maximum absolute atomic E-state index is 13.1. The van der Waals surface area contributed by atoms with Crippen LogP contribution >= 0.6 is 0 Å². The van der Waals surface area contributed by atoms with Crippen LogP contribution in [0.5, 0.6) is 0 Å². The first-order chi connectivity index (χ1) is 14.5. The molecule has 1 aromatic heterocycles. The van der Waals surface area contributed by atoms with Gasteiger partial charge in [0.25, 0.3) is 5.91 Å². The molecule has 2 N–H and O–H groups in total. The lowest BCUT2D eigenvalue weighted by atomic mass is 10.0. The van der Waals surface area contributed by atoms with Crippen LogP contribution in [0.3, 0.4) is 0 Å².